The molecule has 0 saturated heterocycles. The first kappa shape index (κ1) is 19.9. The lowest BCUT2D eigenvalue weighted by molar-refractivity contribution is -0.141. The number of fused-ring (bicyclic) bond motifs is 1. The Morgan fingerprint density at radius 2 is 1.86 bits per heavy atom. The van der Waals surface area contributed by atoms with Crippen molar-refractivity contribution in [2.45, 2.75) is 37.9 Å². The SMILES string of the molecule is O=C(O)C1CN(C(=O)CCCc2cccc(C(F)(F)F)c2)Cc2ccccc21. The number of hydrogen-bond acceptors (Lipinski definition) is 2. The molecule has 0 saturated carbocycles. The first-order valence-electron chi connectivity index (χ1n) is 9.00. The molecule has 1 amide bonds. The molecule has 0 spiro atoms. The molecular formula is C21H20F3NO3. The lowest BCUT2D eigenvalue weighted by atomic mass is 9.89. The van der Waals surface area contributed by atoms with Gasteiger partial charge in [-0.25, -0.2) is 0 Å². The number of halogens is 3. The number of carbonyl (C=O) groups is 2. The summed E-state index contributed by atoms with van der Waals surface area (Å²) in [6.07, 6.45) is -3.48. The Balaban J connectivity index is 1.61. The van der Waals surface area contributed by atoms with E-state index in [0.29, 0.717) is 24.9 Å². The van der Waals surface area contributed by atoms with Crippen LogP contribution in [0.1, 0.15) is 41.0 Å². The number of carbonyl (C=O) groups excluding carboxylic acids is 1. The van der Waals surface area contributed by atoms with Crippen LogP contribution in [0.25, 0.3) is 0 Å². The Kier molecular flexibility index (Phi) is 5.72. The highest BCUT2D eigenvalue weighted by Gasteiger charge is 2.32. The van der Waals surface area contributed by atoms with Gasteiger partial charge in [-0.05, 0) is 35.6 Å². The standard InChI is InChI=1S/C21H20F3NO3/c22-21(23,24)16-8-3-5-14(11-16)6-4-10-19(26)25-12-15-7-1-2-9-17(15)18(13-25)20(27)28/h1-3,5,7-9,11,18H,4,6,10,12-13H2,(H,27,28). The number of carboxylic acids is 1. The largest absolute Gasteiger partial charge is 0.481 e. The fraction of sp³-hybridized carbons (Fsp3) is 0.333. The summed E-state index contributed by atoms with van der Waals surface area (Å²) in [7, 11) is 0. The molecule has 2 aromatic carbocycles. The number of alkyl halides is 3. The predicted molar refractivity (Wildman–Crippen MR) is 96.6 cm³/mol. The fourth-order valence-corrected chi connectivity index (χ4v) is 3.51. The molecule has 28 heavy (non-hydrogen) atoms. The summed E-state index contributed by atoms with van der Waals surface area (Å²) in [5, 5.41) is 9.47. The number of aryl methyl sites for hydroxylation is 1. The van der Waals surface area contributed by atoms with Crippen molar-refractivity contribution in [1.29, 1.82) is 0 Å². The van der Waals surface area contributed by atoms with E-state index in [1.165, 1.54) is 11.0 Å². The smallest absolute Gasteiger partial charge is 0.416 e. The van der Waals surface area contributed by atoms with Crippen LogP contribution < -0.4 is 0 Å². The van der Waals surface area contributed by atoms with E-state index in [9.17, 15) is 27.9 Å². The van der Waals surface area contributed by atoms with Crippen LogP contribution in [-0.4, -0.2) is 28.4 Å². The minimum Gasteiger partial charge on any atom is -0.481 e. The summed E-state index contributed by atoms with van der Waals surface area (Å²) in [4.78, 5) is 25.6. The molecular weight excluding hydrogens is 371 g/mol. The minimum absolute atomic E-state index is 0.106. The lowest BCUT2D eigenvalue weighted by Gasteiger charge is -2.33. The van der Waals surface area contributed by atoms with Gasteiger partial charge >= 0.3 is 12.1 Å². The molecule has 3 rings (SSSR count). The number of aliphatic carboxylic acids is 1. The molecule has 1 heterocycles. The van der Waals surface area contributed by atoms with Gasteiger partial charge in [0.1, 0.15) is 0 Å². The van der Waals surface area contributed by atoms with Gasteiger partial charge in [-0.15, -0.1) is 0 Å². The third-order valence-electron chi connectivity index (χ3n) is 4.96. The minimum atomic E-state index is -4.39. The fourth-order valence-electron chi connectivity index (χ4n) is 3.51. The van der Waals surface area contributed by atoms with E-state index >= 15 is 0 Å². The molecule has 1 atom stereocenters. The van der Waals surface area contributed by atoms with Gasteiger partial charge < -0.3 is 10.0 Å². The third kappa shape index (κ3) is 4.52. The molecule has 7 heteroatoms. The van der Waals surface area contributed by atoms with Crippen molar-refractivity contribution in [3.05, 3.63) is 70.8 Å². The highest BCUT2D eigenvalue weighted by atomic mass is 19.4. The number of nitrogens with zero attached hydrogens (tertiary/aromatic N) is 1. The van der Waals surface area contributed by atoms with E-state index in [1.807, 2.05) is 6.07 Å². The molecule has 1 aliphatic rings. The van der Waals surface area contributed by atoms with Crippen molar-refractivity contribution in [3.63, 3.8) is 0 Å². The zero-order chi connectivity index (χ0) is 20.3. The number of amides is 1. The van der Waals surface area contributed by atoms with Gasteiger partial charge in [-0.2, -0.15) is 13.2 Å². The van der Waals surface area contributed by atoms with E-state index in [2.05, 4.69) is 0 Å². The summed E-state index contributed by atoms with van der Waals surface area (Å²) in [6.45, 7) is 0.455. The molecule has 4 nitrogen and oxygen atoms in total. The monoisotopic (exact) mass is 391 g/mol. The van der Waals surface area contributed by atoms with Crippen molar-refractivity contribution >= 4 is 11.9 Å². The van der Waals surface area contributed by atoms with Crippen molar-refractivity contribution in [2.24, 2.45) is 0 Å². The molecule has 2 aromatic rings. The van der Waals surface area contributed by atoms with Crippen molar-refractivity contribution in [2.75, 3.05) is 6.54 Å². The topological polar surface area (TPSA) is 57.6 Å². The van der Waals surface area contributed by atoms with Crippen LogP contribution in [-0.2, 0) is 28.7 Å². The lowest BCUT2D eigenvalue weighted by Crippen LogP contribution is -2.40. The van der Waals surface area contributed by atoms with Crippen LogP contribution in [0.4, 0.5) is 13.2 Å². The number of rotatable bonds is 5. The maximum absolute atomic E-state index is 12.8. The normalized spacial score (nSPS) is 16.5. The Labute approximate surface area is 160 Å². The summed E-state index contributed by atoms with van der Waals surface area (Å²) >= 11 is 0. The predicted octanol–water partition coefficient (Wildman–Crippen LogP) is 4.24. The molecule has 0 radical (unpaired) electrons. The zero-order valence-electron chi connectivity index (χ0n) is 15.1. The Bertz CT molecular complexity index is 879. The summed E-state index contributed by atoms with van der Waals surface area (Å²) in [5.41, 5.74) is 1.36. The maximum atomic E-state index is 12.8. The average Bonchev–Trinajstić information content (AvgIpc) is 2.66. The summed E-state index contributed by atoms with van der Waals surface area (Å²) in [6, 6.07) is 12.3. The maximum Gasteiger partial charge on any atom is 0.416 e. The third-order valence-corrected chi connectivity index (χ3v) is 4.96. The molecule has 148 valence electrons. The number of hydrogen-bond donors (Lipinski definition) is 1. The van der Waals surface area contributed by atoms with Crippen LogP contribution in [0.15, 0.2) is 48.5 Å². The van der Waals surface area contributed by atoms with Crippen LogP contribution in [0, 0.1) is 0 Å². The van der Waals surface area contributed by atoms with Crippen LogP contribution in [0.2, 0.25) is 0 Å². The van der Waals surface area contributed by atoms with Gasteiger partial charge in [0.15, 0.2) is 0 Å². The van der Waals surface area contributed by atoms with E-state index < -0.39 is 23.6 Å². The molecule has 1 N–H and O–H groups in total. The van der Waals surface area contributed by atoms with E-state index in [1.54, 1.807) is 24.3 Å². The zero-order valence-corrected chi connectivity index (χ0v) is 15.1. The highest BCUT2D eigenvalue weighted by molar-refractivity contribution is 5.81. The molecule has 1 aliphatic heterocycles. The second-order valence-electron chi connectivity index (χ2n) is 6.92. The van der Waals surface area contributed by atoms with Crippen LogP contribution in [0.5, 0.6) is 0 Å². The quantitative estimate of drug-likeness (QED) is 0.830. The number of carboxylic acid groups (broad SMARTS) is 1. The first-order chi connectivity index (χ1) is 13.3. The Morgan fingerprint density at radius 1 is 1.11 bits per heavy atom. The second-order valence-corrected chi connectivity index (χ2v) is 6.92. The van der Waals surface area contributed by atoms with Gasteiger partial charge in [-0.1, -0.05) is 42.5 Å². The second kappa shape index (κ2) is 8.04. The van der Waals surface area contributed by atoms with Gasteiger partial charge in [0.05, 0.1) is 11.5 Å². The van der Waals surface area contributed by atoms with E-state index in [-0.39, 0.29) is 18.9 Å². The number of benzene rings is 2. The molecule has 0 fully saturated rings. The molecule has 1 unspecified atom stereocenters. The summed E-state index contributed by atoms with van der Waals surface area (Å²) < 4.78 is 38.3. The molecule has 0 aliphatic carbocycles. The molecule has 0 bridgehead atoms. The van der Waals surface area contributed by atoms with Gasteiger partial charge in [0, 0.05) is 19.5 Å². The average molecular weight is 391 g/mol. The highest BCUT2D eigenvalue weighted by Crippen LogP contribution is 2.30. The first-order valence-corrected chi connectivity index (χ1v) is 9.00. The van der Waals surface area contributed by atoms with Crippen molar-refractivity contribution in [1.82, 2.24) is 4.90 Å². The molecule has 0 aromatic heterocycles. The summed E-state index contributed by atoms with van der Waals surface area (Å²) in [5.74, 6) is -1.93. The Hall–Kier alpha value is -2.83. The van der Waals surface area contributed by atoms with Crippen LogP contribution >= 0.6 is 0 Å². The van der Waals surface area contributed by atoms with E-state index in [4.69, 9.17) is 0 Å². The van der Waals surface area contributed by atoms with Crippen LogP contribution in [0.3, 0.4) is 0 Å². The van der Waals surface area contributed by atoms with Crippen molar-refractivity contribution in [3.8, 4) is 0 Å². The van der Waals surface area contributed by atoms with Crippen molar-refractivity contribution < 1.29 is 27.9 Å². The van der Waals surface area contributed by atoms with Gasteiger partial charge in [-0.3, -0.25) is 9.59 Å². The van der Waals surface area contributed by atoms with Gasteiger partial charge in [0.25, 0.3) is 0 Å². The van der Waals surface area contributed by atoms with E-state index in [0.717, 1.165) is 23.3 Å². The van der Waals surface area contributed by atoms with Gasteiger partial charge in [0.2, 0.25) is 5.91 Å². The Morgan fingerprint density at radius 3 is 2.57 bits per heavy atom.